The predicted molar refractivity (Wildman–Crippen MR) is 46.3 cm³/mol. The van der Waals surface area contributed by atoms with E-state index in [0.29, 0.717) is 12.5 Å². The molecule has 0 bridgehead atoms. The maximum absolute atomic E-state index is 9.21. The second kappa shape index (κ2) is 6.62. The van der Waals surface area contributed by atoms with Crippen molar-refractivity contribution in [2.24, 2.45) is 5.92 Å². The van der Waals surface area contributed by atoms with Crippen molar-refractivity contribution < 1.29 is 9.84 Å². The average molecular weight is 160 g/mol. The van der Waals surface area contributed by atoms with Crippen LogP contribution in [0.1, 0.15) is 40.0 Å². The van der Waals surface area contributed by atoms with E-state index in [-0.39, 0.29) is 0 Å². The minimum absolute atomic E-state index is 0.506. The Labute approximate surface area is 69.6 Å². The van der Waals surface area contributed by atoms with Crippen LogP contribution < -0.4 is 0 Å². The molecule has 68 valence electrons. The third kappa shape index (κ3) is 7.82. The van der Waals surface area contributed by atoms with Crippen molar-refractivity contribution in [3.05, 3.63) is 0 Å². The lowest BCUT2D eigenvalue weighted by atomic mass is 10.2. The van der Waals surface area contributed by atoms with Gasteiger partial charge in [0.15, 0.2) is 6.29 Å². The van der Waals surface area contributed by atoms with Crippen LogP contribution in [0.5, 0.6) is 0 Å². The number of hydrogen-bond donors (Lipinski definition) is 1. The van der Waals surface area contributed by atoms with Gasteiger partial charge in [-0.1, -0.05) is 27.2 Å². The van der Waals surface area contributed by atoms with Gasteiger partial charge >= 0.3 is 0 Å². The fraction of sp³-hybridized carbons (Fsp3) is 1.00. The zero-order valence-electron chi connectivity index (χ0n) is 7.84. The summed E-state index contributed by atoms with van der Waals surface area (Å²) in [6.07, 6.45) is 2.38. The summed E-state index contributed by atoms with van der Waals surface area (Å²) in [5.74, 6) is 0.506. The third-order valence-corrected chi connectivity index (χ3v) is 1.43. The summed E-state index contributed by atoms with van der Waals surface area (Å²) in [5, 5.41) is 9.21. The fourth-order valence-electron chi connectivity index (χ4n) is 0.766. The standard InChI is InChI=1S/C9H20O2/c1-4-5-6-9(10)11-7-8(2)3/h8-10H,4-7H2,1-3H3. The van der Waals surface area contributed by atoms with Crippen molar-refractivity contribution in [2.75, 3.05) is 6.61 Å². The average Bonchev–Trinajstić information content (AvgIpc) is 1.97. The van der Waals surface area contributed by atoms with Crippen LogP contribution in [0.4, 0.5) is 0 Å². The van der Waals surface area contributed by atoms with Gasteiger partial charge in [0.2, 0.25) is 0 Å². The van der Waals surface area contributed by atoms with E-state index in [0.717, 1.165) is 19.3 Å². The molecular weight excluding hydrogens is 140 g/mol. The minimum Gasteiger partial charge on any atom is -0.368 e. The highest BCUT2D eigenvalue weighted by Crippen LogP contribution is 2.03. The predicted octanol–water partition coefficient (Wildman–Crippen LogP) is 2.17. The lowest BCUT2D eigenvalue weighted by Gasteiger charge is -2.12. The van der Waals surface area contributed by atoms with E-state index < -0.39 is 6.29 Å². The van der Waals surface area contributed by atoms with Crippen molar-refractivity contribution >= 4 is 0 Å². The van der Waals surface area contributed by atoms with E-state index in [1.54, 1.807) is 0 Å². The molecule has 0 rings (SSSR count). The van der Waals surface area contributed by atoms with Crippen LogP contribution in [0.2, 0.25) is 0 Å². The maximum Gasteiger partial charge on any atom is 0.154 e. The van der Waals surface area contributed by atoms with Gasteiger partial charge in [-0.15, -0.1) is 0 Å². The molecule has 0 saturated heterocycles. The molecule has 1 atom stereocenters. The molecule has 0 amide bonds. The van der Waals surface area contributed by atoms with E-state index in [1.807, 2.05) is 0 Å². The number of ether oxygens (including phenoxy) is 1. The first-order valence-electron chi connectivity index (χ1n) is 4.46. The second-order valence-corrected chi connectivity index (χ2v) is 3.32. The van der Waals surface area contributed by atoms with Gasteiger partial charge in [-0.2, -0.15) is 0 Å². The Morgan fingerprint density at radius 3 is 2.45 bits per heavy atom. The van der Waals surface area contributed by atoms with Gasteiger partial charge in [-0.05, 0) is 18.8 Å². The molecule has 0 radical (unpaired) electrons. The Balaban J connectivity index is 3.15. The van der Waals surface area contributed by atoms with Gasteiger partial charge < -0.3 is 9.84 Å². The first kappa shape index (κ1) is 10.9. The van der Waals surface area contributed by atoms with Gasteiger partial charge in [-0.25, -0.2) is 0 Å². The molecular formula is C9H20O2. The molecule has 0 aliphatic carbocycles. The lowest BCUT2D eigenvalue weighted by Crippen LogP contribution is -2.15. The number of rotatable bonds is 6. The molecule has 0 aromatic rings. The van der Waals surface area contributed by atoms with Crippen LogP contribution in [0.15, 0.2) is 0 Å². The van der Waals surface area contributed by atoms with Crippen LogP contribution in [-0.2, 0) is 4.74 Å². The Morgan fingerprint density at radius 2 is 2.00 bits per heavy atom. The summed E-state index contributed by atoms with van der Waals surface area (Å²) in [5.41, 5.74) is 0. The summed E-state index contributed by atoms with van der Waals surface area (Å²) in [4.78, 5) is 0. The zero-order valence-corrected chi connectivity index (χ0v) is 7.84. The Hall–Kier alpha value is -0.0800. The fourth-order valence-corrected chi connectivity index (χ4v) is 0.766. The monoisotopic (exact) mass is 160 g/mol. The smallest absolute Gasteiger partial charge is 0.154 e. The van der Waals surface area contributed by atoms with E-state index in [4.69, 9.17) is 4.74 Å². The highest BCUT2D eigenvalue weighted by atomic mass is 16.6. The SMILES string of the molecule is CCCCC(O)OCC(C)C. The second-order valence-electron chi connectivity index (χ2n) is 3.32. The molecule has 1 N–H and O–H groups in total. The topological polar surface area (TPSA) is 29.5 Å². The van der Waals surface area contributed by atoms with Crippen LogP contribution in [0.25, 0.3) is 0 Å². The molecule has 2 heteroatoms. The molecule has 0 heterocycles. The molecule has 2 nitrogen and oxygen atoms in total. The normalized spacial score (nSPS) is 13.9. The van der Waals surface area contributed by atoms with E-state index in [1.165, 1.54) is 0 Å². The third-order valence-electron chi connectivity index (χ3n) is 1.43. The molecule has 0 aliphatic rings. The summed E-state index contributed by atoms with van der Waals surface area (Å²) in [6, 6.07) is 0. The first-order valence-corrected chi connectivity index (χ1v) is 4.46. The van der Waals surface area contributed by atoms with E-state index in [9.17, 15) is 5.11 Å². The minimum atomic E-state index is -0.544. The number of hydrogen-bond acceptors (Lipinski definition) is 2. The molecule has 0 spiro atoms. The summed E-state index contributed by atoms with van der Waals surface area (Å²) in [6.45, 7) is 6.92. The maximum atomic E-state index is 9.21. The highest BCUT2D eigenvalue weighted by Gasteiger charge is 2.03. The van der Waals surface area contributed by atoms with Crippen molar-refractivity contribution in [1.82, 2.24) is 0 Å². The van der Waals surface area contributed by atoms with Crippen molar-refractivity contribution in [3.8, 4) is 0 Å². The van der Waals surface area contributed by atoms with Crippen LogP contribution in [-0.4, -0.2) is 18.0 Å². The largest absolute Gasteiger partial charge is 0.368 e. The van der Waals surface area contributed by atoms with Gasteiger partial charge in [0.05, 0.1) is 6.61 Å². The number of unbranched alkanes of at least 4 members (excludes halogenated alkanes) is 1. The van der Waals surface area contributed by atoms with Crippen LogP contribution in [0.3, 0.4) is 0 Å². The van der Waals surface area contributed by atoms with Crippen molar-refractivity contribution in [1.29, 1.82) is 0 Å². The zero-order chi connectivity index (χ0) is 8.69. The van der Waals surface area contributed by atoms with Gasteiger partial charge in [0.25, 0.3) is 0 Å². The quantitative estimate of drug-likeness (QED) is 0.603. The molecule has 0 saturated carbocycles. The Bertz CT molecular complexity index is 81.6. The molecule has 0 fully saturated rings. The van der Waals surface area contributed by atoms with Gasteiger partial charge in [0, 0.05) is 0 Å². The molecule has 1 unspecified atom stereocenters. The van der Waals surface area contributed by atoms with Gasteiger partial charge in [0.1, 0.15) is 0 Å². The van der Waals surface area contributed by atoms with E-state index in [2.05, 4.69) is 20.8 Å². The molecule has 0 aliphatic heterocycles. The lowest BCUT2D eigenvalue weighted by molar-refractivity contribution is -0.111. The van der Waals surface area contributed by atoms with Crippen molar-refractivity contribution in [2.45, 2.75) is 46.3 Å². The molecule has 11 heavy (non-hydrogen) atoms. The summed E-state index contributed by atoms with van der Waals surface area (Å²) in [7, 11) is 0. The summed E-state index contributed by atoms with van der Waals surface area (Å²) < 4.78 is 5.16. The van der Waals surface area contributed by atoms with Crippen LogP contribution in [0, 0.1) is 5.92 Å². The Morgan fingerprint density at radius 1 is 1.36 bits per heavy atom. The number of aliphatic hydroxyl groups excluding tert-OH is 1. The van der Waals surface area contributed by atoms with E-state index >= 15 is 0 Å². The van der Waals surface area contributed by atoms with Crippen molar-refractivity contribution in [3.63, 3.8) is 0 Å². The molecule has 0 aromatic heterocycles. The highest BCUT2D eigenvalue weighted by molar-refractivity contribution is 4.45. The van der Waals surface area contributed by atoms with Gasteiger partial charge in [-0.3, -0.25) is 0 Å². The Kier molecular flexibility index (Phi) is 6.57. The molecule has 0 aromatic carbocycles. The van der Waals surface area contributed by atoms with Crippen LogP contribution >= 0.6 is 0 Å². The summed E-state index contributed by atoms with van der Waals surface area (Å²) >= 11 is 0. The first-order chi connectivity index (χ1) is 5.16. The number of aliphatic hydroxyl groups is 1.